The molecule has 1 fully saturated rings. The first-order chi connectivity index (χ1) is 8.19. The van der Waals surface area contributed by atoms with Gasteiger partial charge in [-0.2, -0.15) is 0 Å². The number of alkyl halides is 2. The molecular weight excluding hydrogens is 391 g/mol. The molecule has 114 valence electrons. The molecule has 19 heavy (non-hydrogen) atoms. The molecule has 0 radical (unpaired) electrons. The van der Waals surface area contributed by atoms with Gasteiger partial charge in [0, 0.05) is 20.1 Å². The molecule has 0 aromatic rings. The average Bonchev–Trinajstić information content (AvgIpc) is 2.23. The first-order valence-electron chi connectivity index (χ1n) is 5.65. The van der Waals surface area contributed by atoms with Gasteiger partial charge >= 0.3 is 0 Å². The van der Waals surface area contributed by atoms with E-state index in [4.69, 9.17) is 0 Å². The van der Waals surface area contributed by atoms with Crippen molar-refractivity contribution in [1.29, 1.82) is 0 Å². The molecule has 0 aliphatic carbocycles. The van der Waals surface area contributed by atoms with Crippen molar-refractivity contribution in [2.75, 3.05) is 32.4 Å². The van der Waals surface area contributed by atoms with E-state index in [1.54, 1.807) is 18.7 Å². The number of hydrogen-bond acceptors (Lipinski definition) is 3. The quantitative estimate of drug-likeness (QED) is 0.418. The van der Waals surface area contributed by atoms with Crippen molar-refractivity contribution >= 4 is 39.8 Å². The summed E-state index contributed by atoms with van der Waals surface area (Å²) in [5, 5.41) is 2.53. The predicted molar refractivity (Wildman–Crippen MR) is 82.2 cm³/mol. The minimum atomic E-state index is -3.14. The molecule has 1 aliphatic rings. The van der Waals surface area contributed by atoms with Crippen molar-refractivity contribution in [3.63, 3.8) is 0 Å². The number of sulfone groups is 1. The molecular formula is C10H20F2IN3O2S. The molecule has 1 saturated heterocycles. The molecule has 0 atom stereocenters. The molecule has 1 heterocycles. The van der Waals surface area contributed by atoms with E-state index in [-0.39, 0.29) is 42.8 Å². The summed E-state index contributed by atoms with van der Waals surface area (Å²) in [7, 11) is -1.65. The van der Waals surface area contributed by atoms with Crippen LogP contribution in [0.25, 0.3) is 0 Å². The topological polar surface area (TPSA) is 61.8 Å². The molecule has 0 bridgehead atoms. The zero-order chi connectivity index (χ0) is 14.0. The maximum Gasteiger partial charge on any atom is 0.255 e. The number of aliphatic imine (C=N–C) groups is 1. The summed E-state index contributed by atoms with van der Waals surface area (Å²) in [6.45, 7) is 3.30. The van der Waals surface area contributed by atoms with E-state index in [1.807, 2.05) is 0 Å². The van der Waals surface area contributed by atoms with E-state index < -0.39 is 27.6 Å². The molecule has 0 aromatic carbocycles. The standard InChI is InChI=1S/C10H19F2N3O2S.HI/c1-10(2)7-15(4-5-18(10,16)17)9(13-3)14-6-8(11)12;/h8H,4-7H2,1-3H3,(H,13,14);1H. The first kappa shape index (κ1) is 18.8. The molecule has 0 amide bonds. The molecule has 9 heteroatoms. The van der Waals surface area contributed by atoms with Gasteiger partial charge in [0.15, 0.2) is 15.8 Å². The number of rotatable bonds is 2. The Morgan fingerprint density at radius 1 is 1.47 bits per heavy atom. The fraction of sp³-hybridized carbons (Fsp3) is 0.900. The van der Waals surface area contributed by atoms with Gasteiger partial charge in [0.05, 0.1) is 17.0 Å². The Bertz CT molecular complexity index is 426. The second-order valence-electron chi connectivity index (χ2n) is 4.82. The van der Waals surface area contributed by atoms with Gasteiger partial charge in [0.25, 0.3) is 6.43 Å². The molecule has 1 N–H and O–H groups in total. The number of hydrogen-bond donors (Lipinski definition) is 1. The Labute approximate surface area is 129 Å². The maximum atomic E-state index is 12.1. The molecule has 5 nitrogen and oxygen atoms in total. The minimum absolute atomic E-state index is 0. The summed E-state index contributed by atoms with van der Waals surface area (Å²) in [6.07, 6.45) is -2.47. The Balaban J connectivity index is 0.00000324. The van der Waals surface area contributed by atoms with Gasteiger partial charge in [-0.1, -0.05) is 0 Å². The fourth-order valence-electron chi connectivity index (χ4n) is 1.83. The molecule has 0 aromatic heterocycles. The zero-order valence-electron chi connectivity index (χ0n) is 11.2. The van der Waals surface area contributed by atoms with Crippen LogP contribution < -0.4 is 5.32 Å². The molecule has 0 spiro atoms. The van der Waals surface area contributed by atoms with E-state index in [0.717, 1.165) is 0 Å². The largest absolute Gasteiger partial charge is 0.351 e. The number of nitrogens with one attached hydrogen (secondary N) is 1. The molecule has 0 saturated carbocycles. The van der Waals surface area contributed by atoms with Gasteiger partial charge in [-0.05, 0) is 13.8 Å². The summed E-state index contributed by atoms with van der Waals surface area (Å²) in [5.74, 6) is 0.327. The summed E-state index contributed by atoms with van der Waals surface area (Å²) in [4.78, 5) is 5.60. The van der Waals surface area contributed by atoms with Crippen LogP contribution in [0, 0.1) is 0 Å². The number of nitrogens with zero attached hydrogens (tertiary/aromatic N) is 2. The van der Waals surface area contributed by atoms with Crippen molar-refractivity contribution in [1.82, 2.24) is 10.2 Å². The van der Waals surface area contributed by atoms with Gasteiger partial charge in [0.2, 0.25) is 0 Å². The van der Waals surface area contributed by atoms with Crippen molar-refractivity contribution < 1.29 is 17.2 Å². The lowest BCUT2D eigenvalue weighted by Crippen LogP contribution is -2.57. The minimum Gasteiger partial charge on any atom is -0.351 e. The second kappa shape index (κ2) is 7.00. The fourth-order valence-corrected chi connectivity index (χ4v) is 3.19. The van der Waals surface area contributed by atoms with E-state index in [1.165, 1.54) is 7.05 Å². The number of guanidine groups is 1. The Hall–Kier alpha value is -0.190. The van der Waals surface area contributed by atoms with Gasteiger partial charge in [0.1, 0.15) is 0 Å². The summed E-state index contributed by atoms with van der Waals surface area (Å²) in [5.41, 5.74) is 0. The number of halogens is 3. The van der Waals surface area contributed by atoms with Crippen LogP contribution in [-0.2, 0) is 9.84 Å². The average molecular weight is 411 g/mol. The molecule has 1 rings (SSSR count). The third kappa shape index (κ3) is 4.69. The van der Waals surface area contributed by atoms with Gasteiger partial charge in [-0.15, -0.1) is 24.0 Å². The van der Waals surface area contributed by atoms with Crippen molar-refractivity contribution in [3.8, 4) is 0 Å². The zero-order valence-corrected chi connectivity index (χ0v) is 14.3. The summed E-state index contributed by atoms with van der Waals surface area (Å²) < 4.78 is 47.0. The van der Waals surface area contributed by atoms with Crippen molar-refractivity contribution in [2.45, 2.75) is 25.0 Å². The Morgan fingerprint density at radius 3 is 2.47 bits per heavy atom. The lowest BCUT2D eigenvalue weighted by molar-refractivity contribution is 0.150. The van der Waals surface area contributed by atoms with E-state index >= 15 is 0 Å². The van der Waals surface area contributed by atoms with Crippen molar-refractivity contribution in [3.05, 3.63) is 0 Å². The van der Waals surface area contributed by atoms with Crippen LogP contribution in [0.2, 0.25) is 0 Å². The van der Waals surface area contributed by atoms with Crippen LogP contribution in [0.3, 0.4) is 0 Å². The monoisotopic (exact) mass is 411 g/mol. The van der Waals surface area contributed by atoms with Crippen LogP contribution in [0.4, 0.5) is 8.78 Å². The lowest BCUT2D eigenvalue weighted by atomic mass is 10.2. The highest BCUT2D eigenvalue weighted by Gasteiger charge is 2.40. The summed E-state index contributed by atoms with van der Waals surface area (Å²) in [6, 6.07) is 0. The second-order valence-corrected chi connectivity index (χ2v) is 7.56. The van der Waals surface area contributed by atoms with Crippen LogP contribution in [0.15, 0.2) is 4.99 Å². The smallest absolute Gasteiger partial charge is 0.255 e. The SMILES string of the molecule is CN=C(NCC(F)F)N1CCS(=O)(=O)C(C)(C)C1.I. The van der Waals surface area contributed by atoms with Crippen LogP contribution in [0.1, 0.15) is 13.8 Å². The van der Waals surface area contributed by atoms with E-state index in [9.17, 15) is 17.2 Å². The first-order valence-corrected chi connectivity index (χ1v) is 7.31. The lowest BCUT2D eigenvalue weighted by Gasteiger charge is -2.39. The third-order valence-electron chi connectivity index (χ3n) is 2.97. The van der Waals surface area contributed by atoms with Crippen LogP contribution in [0.5, 0.6) is 0 Å². The highest BCUT2D eigenvalue weighted by molar-refractivity contribution is 14.0. The highest BCUT2D eigenvalue weighted by atomic mass is 127. The highest BCUT2D eigenvalue weighted by Crippen LogP contribution is 2.23. The summed E-state index contributed by atoms with van der Waals surface area (Å²) >= 11 is 0. The third-order valence-corrected chi connectivity index (χ3v) is 5.50. The Morgan fingerprint density at radius 2 is 2.05 bits per heavy atom. The Kier molecular flexibility index (Phi) is 6.93. The van der Waals surface area contributed by atoms with Crippen LogP contribution in [-0.4, -0.2) is 62.9 Å². The van der Waals surface area contributed by atoms with Gasteiger partial charge in [-0.25, -0.2) is 17.2 Å². The van der Waals surface area contributed by atoms with Crippen molar-refractivity contribution in [2.24, 2.45) is 4.99 Å². The maximum absolute atomic E-state index is 12.1. The van der Waals surface area contributed by atoms with E-state index in [0.29, 0.717) is 5.96 Å². The normalized spacial score (nSPS) is 22.0. The van der Waals surface area contributed by atoms with Gasteiger partial charge in [-0.3, -0.25) is 4.99 Å². The van der Waals surface area contributed by atoms with Gasteiger partial charge < -0.3 is 10.2 Å². The van der Waals surface area contributed by atoms with E-state index in [2.05, 4.69) is 10.3 Å². The van der Waals surface area contributed by atoms with Crippen LogP contribution >= 0.6 is 24.0 Å². The predicted octanol–water partition coefficient (Wildman–Crippen LogP) is 0.954. The molecule has 1 aliphatic heterocycles. The molecule has 0 unspecified atom stereocenters.